The molecule has 2 amide bonds. The zero-order valence-corrected chi connectivity index (χ0v) is 19.6. The molecule has 174 valence electrons. The number of hydrogen-bond donors (Lipinski definition) is 3. The standard InChI is InChI=1S/C21H28N4O6S/c1-21(2,3)31-20(28)23-12-18(27)22-8-9-25-15(11-17(26)24-19(25)32)14-7-6-13(29-4)10-16(14)30-5/h6-7,10-11H,8-9,12H2,1-5H3,(H,22,27)(H,23,28)(H,24,26,32). The topological polar surface area (TPSA) is 124 Å². The molecule has 0 radical (unpaired) electrons. The Hall–Kier alpha value is -3.34. The number of ether oxygens (including phenoxy) is 3. The third kappa shape index (κ3) is 7.12. The Balaban J connectivity index is 2.12. The number of carbonyl (C=O) groups is 2. The Kier molecular flexibility index (Phi) is 8.41. The molecule has 2 aromatic rings. The van der Waals surface area contributed by atoms with Crippen molar-refractivity contribution >= 4 is 24.2 Å². The molecule has 2 rings (SSSR count). The van der Waals surface area contributed by atoms with E-state index < -0.39 is 17.6 Å². The zero-order valence-electron chi connectivity index (χ0n) is 18.7. The van der Waals surface area contributed by atoms with E-state index in [0.717, 1.165) is 0 Å². The highest BCUT2D eigenvalue weighted by Gasteiger charge is 2.17. The van der Waals surface area contributed by atoms with Crippen molar-refractivity contribution in [2.45, 2.75) is 32.9 Å². The molecule has 0 spiro atoms. The molecular formula is C21H28N4O6S. The Bertz CT molecular complexity index is 1090. The van der Waals surface area contributed by atoms with E-state index in [2.05, 4.69) is 15.6 Å². The maximum atomic E-state index is 12.1. The number of aromatic nitrogens is 2. The van der Waals surface area contributed by atoms with E-state index in [4.69, 9.17) is 26.4 Å². The number of alkyl carbamates (subject to hydrolysis) is 1. The molecule has 0 saturated carbocycles. The van der Waals surface area contributed by atoms with Crippen LogP contribution in [0, 0.1) is 4.77 Å². The van der Waals surface area contributed by atoms with Crippen molar-refractivity contribution in [3.05, 3.63) is 39.4 Å². The van der Waals surface area contributed by atoms with Gasteiger partial charge in [-0.05, 0) is 45.1 Å². The van der Waals surface area contributed by atoms with Crippen LogP contribution in [0.5, 0.6) is 11.5 Å². The van der Waals surface area contributed by atoms with Crippen LogP contribution < -0.4 is 25.7 Å². The van der Waals surface area contributed by atoms with Gasteiger partial charge in [-0.3, -0.25) is 14.6 Å². The summed E-state index contributed by atoms with van der Waals surface area (Å²) < 4.78 is 17.6. The molecule has 0 aliphatic carbocycles. The minimum Gasteiger partial charge on any atom is -0.497 e. The molecule has 0 bridgehead atoms. The fraction of sp³-hybridized carbons (Fsp3) is 0.429. The highest BCUT2D eigenvalue weighted by Crippen LogP contribution is 2.32. The minimum absolute atomic E-state index is 0.200. The zero-order chi connectivity index (χ0) is 23.9. The van der Waals surface area contributed by atoms with Gasteiger partial charge in [0.2, 0.25) is 5.91 Å². The second-order valence-corrected chi connectivity index (χ2v) is 8.13. The number of carbonyl (C=O) groups excluding carboxylic acids is 2. The molecule has 1 heterocycles. The van der Waals surface area contributed by atoms with E-state index in [-0.39, 0.29) is 30.0 Å². The smallest absolute Gasteiger partial charge is 0.408 e. The first-order valence-electron chi connectivity index (χ1n) is 9.84. The largest absolute Gasteiger partial charge is 0.497 e. The van der Waals surface area contributed by atoms with Crippen molar-refractivity contribution in [2.24, 2.45) is 0 Å². The van der Waals surface area contributed by atoms with Crippen molar-refractivity contribution in [3.63, 3.8) is 0 Å². The molecule has 0 aliphatic heterocycles. The van der Waals surface area contributed by atoms with Crippen LogP contribution in [0.4, 0.5) is 4.79 Å². The lowest BCUT2D eigenvalue weighted by Crippen LogP contribution is -2.40. The quantitative estimate of drug-likeness (QED) is 0.512. The molecule has 10 nitrogen and oxygen atoms in total. The number of nitrogens with one attached hydrogen (secondary N) is 3. The maximum absolute atomic E-state index is 12.1. The Morgan fingerprint density at radius 3 is 2.47 bits per heavy atom. The number of hydrogen-bond acceptors (Lipinski definition) is 7. The third-order valence-corrected chi connectivity index (χ3v) is 4.49. The van der Waals surface area contributed by atoms with Gasteiger partial charge < -0.3 is 29.4 Å². The second kappa shape index (κ2) is 10.8. The molecule has 32 heavy (non-hydrogen) atoms. The van der Waals surface area contributed by atoms with E-state index in [9.17, 15) is 14.4 Å². The molecule has 11 heteroatoms. The van der Waals surface area contributed by atoms with E-state index >= 15 is 0 Å². The fourth-order valence-electron chi connectivity index (χ4n) is 2.81. The average Bonchev–Trinajstić information content (AvgIpc) is 2.71. The van der Waals surface area contributed by atoms with Crippen LogP contribution in [-0.4, -0.2) is 54.5 Å². The first-order valence-corrected chi connectivity index (χ1v) is 10.2. The van der Waals surface area contributed by atoms with Crippen molar-refractivity contribution < 1.29 is 23.8 Å². The molecule has 0 atom stereocenters. The van der Waals surface area contributed by atoms with Gasteiger partial charge in [-0.25, -0.2) is 4.79 Å². The van der Waals surface area contributed by atoms with Crippen molar-refractivity contribution in [1.82, 2.24) is 20.2 Å². The number of H-pyrrole nitrogens is 1. The fourth-order valence-corrected chi connectivity index (χ4v) is 3.10. The number of nitrogens with zero attached hydrogens (tertiary/aromatic N) is 1. The number of aromatic amines is 1. The average molecular weight is 465 g/mol. The van der Waals surface area contributed by atoms with Gasteiger partial charge in [-0.2, -0.15) is 0 Å². The molecule has 0 fully saturated rings. The van der Waals surface area contributed by atoms with Crippen LogP contribution in [0.3, 0.4) is 0 Å². The van der Waals surface area contributed by atoms with E-state index in [1.165, 1.54) is 13.2 Å². The highest BCUT2D eigenvalue weighted by atomic mass is 32.1. The predicted molar refractivity (Wildman–Crippen MR) is 122 cm³/mol. The predicted octanol–water partition coefficient (Wildman–Crippen LogP) is 2.23. The van der Waals surface area contributed by atoms with E-state index in [0.29, 0.717) is 22.8 Å². The number of rotatable bonds is 8. The van der Waals surface area contributed by atoms with Crippen LogP contribution in [-0.2, 0) is 16.1 Å². The Labute approximate surface area is 190 Å². The normalized spacial score (nSPS) is 10.9. The summed E-state index contributed by atoms with van der Waals surface area (Å²) >= 11 is 5.33. The Morgan fingerprint density at radius 2 is 1.84 bits per heavy atom. The van der Waals surface area contributed by atoms with Gasteiger partial charge in [-0.1, -0.05) is 0 Å². The lowest BCUT2D eigenvalue weighted by molar-refractivity contribution is -0.120. The second-order valence-electron chi connectivity index (χ2n) is 7.75. The van der Waals surface area contributed by atoms with Crippen LogP contribution in [0.2, 0.25) is 0 Å². The van der Waals surface area contributed by atoms with Crippen molar-refractivity contribution in [1.29, 1.82) is 0 Å². The molecular weight excluding hydrogens is 436 g/mol. The highest BCUT2D eigenvalue weighted by molar-refractivity contribution is 7.71. The molecule has 1 aromatic heterocycles. The van der Waals surface area contributed by atoms with Crippen LogP contribution in [0.25, 0.3) is 11.3 Å². The van der Waals surface area contributed by atoms with Gasteiger partial charge in [0.15, 0.2) is 4.77 Å². The molecule has 0 saturated heterocycles. The van der Waals surface area contributed by atoms with Crippen LogP contribution in [0.15, 0.2) is 29.1 Å². The summed E-state index contributed by atoms with van der Waals surface area (Å²) in [6, 6.07) is 6.62. The maximum Gasteiger partial charge on any atom is 0.408 e. The molecule has 0 aliphatic rings. The van der Waals surface area contributed by atoms with Gasteiger partial charge in [0, 0.05) is 30.8 Å². The number of amides is 2. The molecule has 0 unspecified atom stereocenters. The monoisotopic (exact) mass is 464 g/mol. The third-order valence-electron chi connectivity index (χ3n) is 4.17. The first-order chi connectivity index (χ1) is 15.0. The Morgan fingerprint density at radius 1 is 1.12 bits per heavy atom. The lowest BCUT2D eigenvalue weighted by atomic mass is 10.1. The summed E-state index contributed by atoms with van der Waals surface area (Å²) in [5.41, 5.74) is 0.160. The summed E-state index contributed by atoms with van der Waals surface area (Å²) in [4.78, 5) is 38.4. The van der Waals surface area contributed by atoms with Crippen LogP contribution in [0.1, 0.15) is 20.8 Å². The summed E-state index contributed by atoms with van der Waals surface area (Å²) in [7, 11) is 3.06. The summed E-state index contributed by atoms with van der Waals surface area (Å²) in [6.07, 6.45) is -0.676. The van der Waals surface area contributed by atoms with Crippen molar-refractivity contribution in [2.75, 3.05) is 27.3 Å². The van der Waals surface area contributed by atoms with Crippen molar-refractivity contribution in [3.8, 4) is 22.8 Å². The van der Waals surface area contributed by atoms with E-state index in [1.807, 2.05) is 0 Å². The van der Waals surface area contributed by atoms with Crippen LogP contribution >= 0.6 is 12.2 Å². The minimum atomic E-state index is -0.676. The SMILES string of the molecule is COc1ccc(-c2cc(=O)[nH]c(=S)n2CCNC(=O)CNC(=O)OC(C)(C)C)c(OC)c1. The van der Waals surface area contributed by atoms with Gasteiger partial charge in [0.1, 0.15) is 17.1 Å². The van der Waals surface area contributed by atoms with E-state index in [1.54, 1.807) is 50.6 Å². The summed E-state index contributed by atoms with van der Waals surface area (Å²) in [5.74, 6) is 0.712. The lowest BCUT2D eigenvalue weighted by Gasteiger charge is -2.19. The number of methoxy groups -OCH3 is 2. The molecule has 3 N–H and O–H groups in total. The summed E-state index contributed by atoms with van der Waals surface area (Å²) in [6.45, 7) is 5.45. The van der Waals surface area contributed by atoms with Gasteiger partial charge in [0.25, 0.3) is 5.56 Å². The first kappa shape index (κ1) is 24.9. The molecule has 1 aromatic carbocycles. The summed E-state index contributed by atoms with van der Waals surface area (Å²) in [5, 5.41) is 5.09. The van der Waals surface area contributed by atoms with Gasteiger partial charge >= 0.3 is 6.09 Å². The van der Waals surface area contributed by atoms with Gasteiger partial charge in [-0.15, -0.1) is 0 Å². The van der Waals surface area contributed by atoms with Gasteiger partial charge in [0.05, 0.1) is 26.5 Å². The number of benzene rings is 1.